The molecule has 1 heterocycles. The molecule has 0 saturated carbocycles. The molecule has 5 nitrogen and oxygen atoms in total. The van der Waals surface area contributed by atoms with Gasteiger partial charge in [-0.05, 0) is 82.7 Å². The highest BCUT2D eigenvalue weighted by Crippen LogP contribution is 2.37. The highest BCUT2D eigenvalue weighted by atomic mass is 127. The van der Waals surface area contributed by atoms with E-state index >= 15 is 0 Å². The van der Waals surface area contributed by atoms with Gasteiger partial charge in [0.1, 0.15) is 0 Å². The highest BCUT2D eigenvalue weighted by Gasteiger charge is 2.35. The lowest BCUT2D eigenvalue weighted by molar-refractivity contribution is -0.123. The number of benzene rings is 2. The summed E-state index contributed by atoms with van der Waals surface area (Å²) < 4.78 is 6.93. The van der Waals surface area contributed by atoms with Gasteiger partial charge in [-0.15, -0.1) is 0 Å². The van der Waals surface area contributed by atoms with Crippen molar-refractivity contribution in [2.45, 2.75) is 13.5 Å². The van der Waals surface area contributed by atoms with Gasteiger partial charge in [0.05, 0.1) is 21.6 Å². The summed E-state index contributed by atoms with van der Waals surface area (Å²) in [5.41, 5.74) is 1.55. The molecule has 3 rings (SSSR count). The van der Waals surface area contributed by atoms with Crippen LogP contribution in [0.1, 0.15) is 18.1 Å². The van der Waals surface area contributed by atoms with Gasteiger partial charge >= 0.3 is 0 Å². The first-order chi connectivity index (χ1) is 12.9. The molecule has 0 atom stereocenters. The van der Waals surface area contributed by atoms with Crippen molar-refractivity contribution in [1.29, 1.82) is 0 Å². The minimum Gasteiger partial charge on any atom is -0.504 e. The van der Waals surface area contributed by atoms with E-state index < -0.39 is 0 Å². The van der Waals surface area contributed by atoms with E-state index in [0.717, 1.165) is 21.8 Å². The van der Waals surface area contributed by atoms with E-state index in [2.05, 4.69) is 15.9 Å². The van der Waals surface area contributed by atoms with E-state index in [1.54, 1.807) is 18.2 Å². The minimum absolute atomic E-state index is 0.0670. The summed E-state index contributed by atoms with van der Waals surface area (Å²) in [6.45, 7) is 2.46. The van der Waals surface area contributed by atoms with Crippen molar-refractivity contribution in [2.75, 3.05) is 6.61 Å². The van der Waals surface area contributed by atoms with E-state index in [-0.39, 0.29) is 23.4 Å². The molecule has 1 fully saturated rings. The van der Waals surface area contributed by atoms with Gasteiger partial charge in [0.2, 0.25) is 0 Å². The summed E-state index contributed by atoms with van der Waals surface area (Å²) in [4.78, 5) is 26.6. The van der Waals surface area contributed by atoms with Gasteiger partial charge in [0, 0.05) is 4.47 Å². The van der Waals surface area contributed by atoms with Crippen molar-refractivity contribution >= 4 is 67.5 Å². The lowest BCUT2D eigenvalue weighted by Gasteiger charge is -2.12. The zero-order valence-electron chi connectivity index (χ0n) is 14.2. The first kappa shape index (κ1) is 20.2. The predicted octanol–water partition coefficient (Wildman–Crippen LogP) is 5.39. The largest absolute Gasteiger partial charge is 0.504 e. The standard InChI is InChI=1S/C19H15BrINO4S/c1-2-26-15-8-12(7-14(21)17(15)23)9-16-18(24)22(19(25)27-16)10-11-4-3-5-13(20)6-11/h3-9,23H,2,10H2,1H3/b16-9+. The molecule has 2 aromatic carbocycles. The second kappa shape index (κ2) is 8.66. The summed E-state index contributed by atoms with van der Waals surface area (Å²) in [6, 6.07) is 10.9. The van der Waals surface area contributed by atoms with Crippen molar-refractivity contribution in [2.24, 2.45) is 0 Å². The van der Waals surface area contributed by atoms with Crippen molar-refractivity contribution in [1.82, 2.24) is 4.90 Å². The van der Waals surface area contributed by atoms with Gasteiger partial charge in [0.15, 0.2) is 11.5 Å². The fourth-order valence-corrected chi connectivity index (χ4v) is 4.46. The van der Waals surface area contributed by atoms with Crippen LogP contribution in [0.4, 0.5) is 4.79 Å². The Hall–Kier alpha value is -1.52. The number of imide groups is 1. The first-order valence-corrected chi connectivity index (χ1v) is 10.7. The number of aromatic hydroxyl groups is 1. The Morgan fingerprint density at radius 2 is 2.07 bits per heavy atom. The Labute approximate surface area is 183 Å². The molecule has 0 aromatic heterocycles. The number of phenols is 1. The first-order valence-electron chi connectivity index (χ1n) is 8.04. The van der Waals surface area contributed by atoms with Gasteiger partial charge in [0.25, 0.3) is 11.1 Å². The monoisotopic (exact) mass is 559 g/mol. The number of amides is 2. The minimum atomic E-state index is -0.328. The van der Waals surface area contributed by atoms with Gasteiger partial charge in [-0.1, -0.05) is 28.1 Å². The summed E-state index contributed by atoms with van der Waals surface area (Å²) in [5, 5.41) is 9.74. The molecule has 0 radical (unpaired) electrons. The van der Waals surface area contributed by atoms with E-state index in [9.17, 15) is 14.7 Å². The van der Waals surface area contributed by atoms with Crippen LogP contribution in [0, 0.1) is 3.57 Å². The Bertz CT molecular complexity index is 947. The summed E-state index contributed by atoms with van der Waals surface area (Å²) in [7, 11) is 0. The van der Waals surface area contributed by atoms with E-state index in [0.29, 0.717) is 26.4 Å². The number of carbonyl (C=O) groups excluding carboxylic acids is 2. The highest BCUT2D eigenvalue weighted by molar-refractivity contribution is 14.1. The average Bonchev–Trinajstić information content (AvgIpc) is 2.87. The number of nitrogens with zero attached hydrogens (tertiary/aromatic N) is 1. The molecule has 2 aromatic rings. The number of rotatable bonds is 5. The molecule has 1 saturated heterocycles. The van der Waals surface area contributed by atoms with E-state index in [1.165, 1.54) is 4.90 Å². The van der Waals surface area contributed by atoms with Crippen LogP contribution in [0.5, 0.6) is 11.5 Å². The van der Waals surface area contributed by atoms with Crippen molar-refractivity contribution in [3.05, 3.63) is 60.5 Å². The predicted molar refractivity (Wildman–Crippen MR) is 118 cm³/mol. The third-order valence-electron chi connectivity index (χ3n) is 3.75. The molecular weight excluding hydrogens is 545 g/mol. The molecular formula is C19H15BrINO4S. The molecule has 1 aliphatic rings. The van der Waals surface area contributed by atoms with Crippen LogP contribution in [-0.2, 0) is 11.3 Å². The van der Waals surface area contributed by atoms with E-state index in [1.807, 2.05) is 53.8 Å². The fraction of sp³-hybridized carbons (Fsp3) is 0.158. The zero-order chi connectivity index (χ0) is 19.6. The number of phenolic OH excluding ortho intramolecular Hbond substituents is 1. The molecule has 0 aliphatic carbocycles. The smallest absolute Gasteiger partial charge is 0.293 e. The molecule has 1 aliphatic heterocycles. The lowest BCUT2D eigenvalue weighted by Crippen LogP contribution is -2.27. The lowest BCUT2D eigenvalue weighted by atomic mass is 10.1. The summed E-state index contributed by atoms with van der Waals surface area (Å²) in [6.07, 6.45) is 1.65. The number of thioether (sulfide) groups is 1. The maximum atomic E-state index is 12.7. The van der Waals surface area contributed by atoms with Gasteiger partial charge in [-0.2, -0.15) is 0 Å². The Kier molecular flexibility index (Phi) is 6.48. The Morgan fingerprint density at radius 1 is 1.30 bits per heavy atom. The van der Waals surface area contributed by atoms with Crippen LogP contribution in [-0.4, -0.2) is 27.8 Å². The van der Waals surface area contributed by atoms with Crippen LogP contribution in [0.15, 0.2) is 45.8 Å². The van der Waals surface area contributed by atoms with Crippen LogP contribution in [0.25, 0.3) is 6.08 Å². The third-order valence-corrected chi connectivity index (χ3v) is 5.97. The van der Waals surface area contributed by atoms with Crippen molar-refractivity contribution < 1.29 is 19.4 Å². The molecule has 0 spiro atoms. The molecule has 0 unspecified atom stereocenters. The van der Waals surface area contributed by atoms with Gasteiger partial charge in [-0.3, -0.25) is 14.5 Å². The topological polar surface area (TPSA) is 66.8 Å². The van der Waals surface area contributed by atoms with Crippen LogP contribution >= 0.6 is 50.3 Å². The number of halogens is 2. The molecule has 0 bridgehead atoms. The van der Waals surface area contributed by atoms with Gasteiger partial charge in [-0.25, -0.2) is 0 Å². The second-order valence-electron chi connectivity index (χ2n) is 5.68. The van der Waals surface area contributed by atoms with Crippen molar-refractivity contribution in [3.63, 3.8) is 0 Å². The summed E-state index contributed by atoms with van der Waals surface area (Å²) in [5.74, 6) is 0.0902. The average molecular weight is 560 g/mol. The second-order valence-corrected chi connectivity index (χ2v) is 8.75. The SMILES string of the molecule is CCOc1cc(/C=C2/SC(=O)N(Cc3cccc(Br)c3)C2=O)cc(I)c1O. The van der Waals surface area contributed by atoms with Crippen LogP contribution in [0.2, 0.25) is 0 Å². The number of hydrogen-bond donors (Lipinski definition) is 1. The zero-order valence-corrected chi connectivity index (χ0v) is 18.8. The molecule has 2 amide bonds. The van der Waals surface area contributed by atoms with Crippen LogP contribution in [0.3, 0.4) is 0 Å². The Morgan fingerprint density at radius 3 is 2.78 bits per heavy atom. The maximum Gasteiger partial charge on any atom is 0.293 e. The van der Waals surface area contributed by atoms with Gasteiger partial charge < -0.3 is 9.84 Å². The van der Waals surface area contributed by atoms with Crippen molar-refractivity contribution in [3.8, 4) is 11.5 Å². The number of hydrogen-bond acceptors (Lipinski definition) is 5. The summed E-state index contributed by atoms with van der Waals surface area (Å²) >= 11 is 6.30. The normalized spacial score (nSPS) is 15.7. The molecule has 8 heteroatoms. The number of carbonyl (C=O) groups is 2. The Balaban J connectivity index is 1.86. The molecule has 140 valence electrons. The quantitative estimate of drug-likeness (QED) is 0.393. The third kappa shape index (κ3) is 4.67. The molecule has 1 N–H and O–H groups in total. The maximum absolute atomic E-state index is 12.7. The fourth-order valence-electron chi connectivity index (χ4n) is 2.55. The van der Waals surface area contributed by atoms with E-state index in [4.69, 9.17) is 4.74 Å². The molecule has 27 heavy (non-hydrogen) atoms. The number of ether oxygens (including phenoxy) is 1. The van der Waals surface area contributed by atoms with Crippen LogP contribution < -0.4 is 4.74 Å².